The highest BCUT2D eigenvalue weighted by Crippen LogP contribution is 2.22. The molecule has 7 nitrogen and oxygen atoms in total. The lowest BCUT2D eigenvalue weighted by molar-refractivity contribution is -0.132. The van der Waals surface area contributed by atoms with Crippen LogP contribution in [0.1, 0.15) is 44.2 Å². The molecule has 25 heavy (non-hydrogen) atoms. The summed E-state index contributed by atoms with van der Waals surface area (Å²) in [5.74, 6) is -0.102. The van der Waals surface area contributed by atoms with E-state index in [2.05, 4.69) is 16.0 Å². The molecule has 1 aromatic carbocycles. The molecule has 1 aromatic rings. The maximum Gasteiger partial charge on any atom is 0.319 e. The molecule has 136 valence electrons. The average molecular weight is 346 g/mol. The van der Waals surface area contributed by atoms with Crippen molar-refractivity contribution >= 4 is 17.6 Å². The first-order valence-corrected chi connectivity index (χ1v) is 8.88. The van der Waals surface area contributed by atoms with Crippen molar-refractivity contribution in [3.05, 3.63) is 29.8 Å². The van der Waals surface area contributed by atoms with Gasteiger partial charge < -0.3 is 26.4 Å². The summed E-state index contributed by atoms with van der Waals surface area (Å²) in [4.78, 5) is 24.0. The number of rotatable bonds is 6. The van der Waals surface area contributed by atoms with Gasteiger partial charge in [-0.1, -0.05) is 12.1 Å². The summed E-state index contributed by atoms with van der Waals surface area (Å²) in [5, 5.41) is 8.66. The first-order chi connectivity index (χ1) is 12.0. The van der Waals surface area contributed by atoms with Gasteiger partial charge in [-0.2, -0.15) is 0 Å². The molecule has 1 aliphatic heterocycles. The molecule has 0 aromatic heterocycles. The lowest BCUT2D eigenvalue weighted by Crippen LogP contribution is -2.37. The zero-order chi connectivity index (χ0) is 17.8. The van der Waals surface area contributed by atoms with Crippen LogP contribution in [-0.4, -0.2) is 36.7 Å². The van der Waals surface area contributed by atoms with E-state index in [4.69, 9.17) is 10.5 Å². The molecule has 2 aliphatic rings. The Kier molecular flexibility index (Phi) is 5.55. The van der Waals surface area contributed by atoms with E-state index in [1.54, 1.807) is 0 Å². The van der Waals surface area contributed by atoms with E-state index in [-0.39, 0.29) is 24.1 Å². The van der Waals surface area contributed by atoms with Crippen molar-refractivity contribution in [3.8, 4) is 0 Å². The summed E-state index contributed by atoms with van der Waals surface area (Å²) < 4.78 is 5.62. The minimum Gasteiger partial charge on any atom is -0.364 e. The molecule has 3 amide bonds. The molecule has 1 unspecified atom stereocenters. The number of benzene rings is 1. The molecule has 5 N–H and O–H groups in total. The summed E-state index contributed by atoms with van der Waals surface area (Å²) in [6.07, 6.45) is 3.22. The van der Waals surface area contributed by atoms with Crippen molar-refractivity contribution in [2.45, 2.75) is 56.9 Å². The first kappa shape index (κ1) is 17.7. The predicted octanol–water partition coefficient (Wildman–Crippen LogP) is 1.65. The van der Waals surface area contributed by atoms with E-state index < -0.39 is 6.10 Å². The zero-order valence-corrected chi connectivity index (χ0v) is 14.5. The van der Waals surface area contributed by atoms with Crippen molar-refractivity contribution in [1.29, 1.82) is 0 Å². The molecule has 1 saturated heterocycles. The van der Waals surface area contributed by atoms with E-state index >= 15 is 0 Å². The standard InChI is InChI=1S/C18H26N4O3/c1-11(20-17(23)16-9-8-15(10-19)25-16)12-2-4-13(5-3-12)21-18(24)22-14-6-7-14/h2-5,11,14-16H,6-10,19H2,1H3,(H,20,23)(H2,21,22,24)/t11?,15-,16+/m1/s1. The molecular weight excluding hydrogens is 320 g/mol. The lowest BCUT2D eigenvalue weighted by atomic mass is 10.1. The van der Waals surface area contributed by atoms with Crippen LogP contribution in [0.15, 0.2) is 24.3 Å². The summed E-state index contributed by atoms with van der Waals surface area (Å²) in [6, 6.07) is 7.48. The maximum atomic E-state index is 12.3. The van der Waals surface area contributed by atoms with Crippen molar-refractivity contribution in [2.24, 2.45) is 5.73 Å². The van der Waals surface area contributed by atoms with Crippen LogP contribution in [0, 0.1) is 0 Å². The van der Waals surface area contributed by atoms with Crippen LogP contribution >= 0.6 is 0 Å². The third kappa shape index (κ3) is 4.93. The third-order valence-electron chi connectivity index (χ3n) is 4.60. The second kappa shape index (κ2) is 7.84. The van der Waals surface area contributed by atoms with Crippen LogP contribution < -0.4 is 21.7 Å². The Labute approximate surface area is 147 Å². The third-order valence-corrected chi connectivity index (χ3v) is 4.60. The van der Waals surface area contributed by atoms with Gasteiger partial charge in [0.15, 0.2) is 0 Å². The zero-order valence-electron chi connectivity index (χ0n) is 14.5. The lowest BCUT2D eigenvalue weighted by Gasteiger charge is -2.18. The van der Waals surface area contributed by atoms with Crippen LogP contribution in [0.5, 0.6) is 0 Å². The maximum absolute atomic E-state index is 12.3. The second-order valence-corrected chi connectivity index (χ2v) is 6.78. The number of anilines is 1. The largest absolute Gasteiger partial charge is 0.364 e. The summed E-state index contributed by atoms with van der Waals surface area (Å²) in [7, 11) is 0. The topological polar surface area (TPSA) is 105 Å². The predicted molar refractivity (Wildman–Crippen MR) is 95.1 cm³/mol. The second-order valence-electron chi connectivity index (χ2n) is 6.78. The number of carbonyl (C=O) groups excluding carboxylic acids is 2. The van der Waals surface area contributed by atoms with Gasteiger partial charge in [0.1, 0.15) is 6.10 Å². The average Bonchev–Trinajstić information content (AvgIpc) is 3.27. The fraction of sp³-hybridized carbons (Fsp3) is 0.556. The van der Waals surface area contributed by atoms with Gasteiger partial charge in [0, 0.05) is 18.3 Å². The number of hydrogen-bond donors (Lipinski definition) is 4. The van der Waals surface area contributed by atoms with Gasteiger partial charge in [-0.25, -0.2) is 4.79 Å². The van der Waals surface area contributed by atoms with E-state index in [0.717, 1.165) is 30.5 Å². The first-order valence-electron chi connectivity index (χ1n) is 8.88. The minimum absolute atomic E-state index is 0.0156. The highest BCUT2D eigenvalue weighted by molar-refractivity contribution is 5.89. The SMILES string of the molecule is CC(NC(=O)[C@@H]1CC[C@H](CN)O1)c1ccc(NC(=O)NC2CC2)cc1. The van der Waals surface area contributed by atoms with Crippen molar-refractivity contribution in [3.63, 3.8) is 0 Å². The highest BCUT2D eigenvalue weighted by atomic mass is 16.5. The number of hydrogen-bond acceptors (Lipinski definition) is 4. The van der Waals surface area contributed by atoms with Gasteiger partial charge in [-0.15, -0.1) is 0 Å². The Morgan fingerprint density at radius 3 is 2.52 bits per heavy atom. The van der Waals surface area contributed by atoms with Crippen LogP contribution in [0.25, 0.3) is 0 Å². The number of carbonyl (C=O) groups is 2. The molecular formula is C18H26N4O3. The quantitative estimate of drug-likeness (QED) is 0.628. The van der Waals surface area contributed by atoms with Gasteiger partial charge in [0.2, 0.25) is 5.91 Å². The normalized spacial score (nSPS) is 23.8. The number of ether oxygens (including phenoxy) is 1. The molecule has 7 heteroatoms. The monoisotopic (exact) mass is 346 g/mol. The van der Waals surface area contributed by atoms with Gasteiger partial charge in [-0.05, 0) is 50.3 Å². The van der Waals surface area contributed by atoms with E-state index in [1.807, 2.05) is 31.2 Å². The molecule has 2 fully saturated rings. The van der Waals surface area contributed by atoms with Gasteiger partial charge in [-0.3, -0.25) is 4.79 Å². The van der Waals surface area contributed by atoms with E-state index in [0.29, 0.717) is 19.0 Å². The highest BCUT2D eigenvalue weighted by Gasteiger charge is 2.30. The van der Waals surface area contributed by atoms with Crippen molar-refractivity contribution < 1.29 is 14.3 Å². The Morgan fingerprint density at radius 1 is 1.20 bits per heavy atom. The Morgan fingerprint density at radius 2 is 1.92 bits per heavy atom. The molecule has 0 spiro atoms. The molecule has 1 saturated carbocycles. The van der Waals surface area contributed by atoms with Gasteiger partial charge >= 0.3 is 6.03 Å². The van der Waals surface area contributed by atoms with E-state index in [9.17, 15) is 9.59 Å². The van der Waals surface area contributed by atoms with Crippen molar-refractivity contribution in [2.75, 3.05) is 11.9 Å². The van der Waals surface area contributed by atoms with Crippen molar-refractivity contribution in [1.82, 2.24) is 10.6 Å². The summed E-state index contributed by atoms with van der Waals surface area (Å²) in [5.41, 5.74) is 7.27. The number of nitrogens with one attached hydrogen (secondary N) is 3. The van der Waals surface area contributed by atoms with Gasteiger partial charge in [0.25, 0.3) is 0 Å². The molecule has 1 aliphatic carbocycles. The minimum atomic E-state index is -0.414. The number of urea groups is 1. The Hall–Kier alpha value is -2.12. The van der Waals surface area contributed by atoms with Crippen LogP contribution in [0.2, 0.25) is 0 Å². The molecule has 1 heterocycles. The Balaban J connectivity index is 1.49. The number of amides is 3. The van der Waals surface area contributed by atoms with Crippen LogP contribution in [0.3, 0.4) is 0 Å². The number of nitrogens with two attached hydrogens (primary N) is 1. The van der Waals surface area contributed by atoms with Crippen LogP contribution in [0.4, 0.5) is 10.5 Å². The van der Waals surface area contributed by atoms with Gasteiger partial charge in [0.05, 0.1) is 12.1 Å². The summed E-state index contributed by atoms with van der Waals surface area (Å²) in [6.45, 7) is 2.37. The summed E-state index contributed by atoms with van der Waals surface area (Å²) >= 11 is 0. The Bertz CT molecular complexity index is 615. The molecule has 0 bridgehead atoms. The smallest absolute Gasteiger partial charge is 0.319 e. The fourth-order valence-corrected chi connectivity index (χ4v) is 2.90. The molecule has 3 atom stereocenters. The van der Waals surface area contributed by atoms with E-state index in [1.165, 1.54) is 0 Å². The fourth-order valence-electron chi connectivity index (χ4n) is 2.90. The molecule has 0 radical (unpaired) electrons. The molecule has 3 rings (SSSR count). The van der Waals surface area contributed by atoms with Crippen LogP contribution in [-0.2, 0) is 9.53 Å².